The molecule has 0 aliphatic carbocycles. The van der Waals surface area contributed by atoms with Crippen LogP contribution >= 0.6 is 46.7 Å². The molecular weight excluding hydrogens is 503 g/mol. The van der Waals surface area contributed by atoms with E-state index in [4.69, 9.17) is 4.99 Å². The summed E-state index contributed by atoms with van der Waals surface area (Å²) in [5, 5.41) is 17.3. The first-order valence-electron chi connectivity index (χ1n) is 9.12. The number of hydrogen-bond acceptors (Lipinski definition) is 5. The Kier molecular flexibility index (Phi) is 9.39. The van der Waals surface area contributed by atoms with Crippen molar-refractivity contribution in [3.05, 3.63) is 55.9 Å². The molecule has 3 aromatic heterocycles. The van der Waals surface area contributed by atoms with Gasteiger partial charge in [0.25, 0.3) is 0 Å². The van der Waals surface area contributed by atoms with Crippen LogP contribution in [0.5, 0.6) is 0 Å². The van der Waals surface area contributed by atoms with E-state index in [9.17, 15) is 0 Å². The molecule has 9 heteroatoms. The highest BCUT2D eigenvalue weighted by atomic mass is 127. The Labute approximate surface area is 191 Å². The molecule has 0 saturated carbocycles. The predicted molar refractivity (Wildman–Crippen MR) is 129 cm³/mol. The standard InChI is InChI=1S/C19H26N6S2.HI/c1-4-15-7-8-17(27-15)12-21-19(20-10-9-16-6-5-11-26-16)22-13-18-24-23-14(2)25(18)3;/h5-8,11H,4,9-10,12-13H2,1-3H3,(H2,20,21,22);1H. The first-order chi connectivity index (χ1) is 13.2. The summed E-state index contributed by atoms with van der Waals surface area (Å²) in [6.07, 6.45) is 2.07. The van der Waals surface area contributed by atoms with Crippen molar-refractivity contribution in [2.45, 2.75) is 39.8 Å². The Hall–Kier alpha value is -1.46. The maximum absolute atomic E-state index is 4.71. The van der Waals surface area contributed by atoms with Crippen molar-refractivity contribution < 1.29 is 0 Å². The lowest BCUT2D eigenvalue weighted by Gasteiger charge is -2.12. The summed E-state index contributed by atoms with van der Waals surface area (Å²) in [6.45, 7) is 6.24. The lowest BCUT2D eigenvalue weighted by molar-refractivity contribution is 0.751. The molecule has 0 unspecified atom stereocenters. The summed E-state index contributed by atoms with van der Waals surface area (Å²) in [5.74, 6) is 2.56. The van der Waals surface area contributed by atoms with Crippen LogP contribution in [0.1, 0.15) is 33.2 Å². The topological polar surface area (TPSA) is 67.1 Å². The number of aromatic nitrogens is 3. The molecule has 0 aliphatic heterocycles. The van der Waals surface area contributed by atoms with Crippen molar-refractivity contribution in [3.63, 3.8) is 0 Å². The quantitative estimate of drug-likeness (QED) is 0.264. The van der Waals surface area contributed by atoms with Gasteiger partial charge in [-0.05, 0) is 43.3 Å². The third-order valence-corrected chi connectivity index (χ3v) is 6.47. The van der Waals surface area contributed by atoms with Gasteiger partial charge < -0.3 is 15.2 Å². The zero-order valence-electron chi connectivity index (χ0n) is 16.4. The molecule has 0 spiro atoms. The van der Waals surface area contributed by atoms with Crippen molar-refractivity contribution in [1.82, 2.24) is 25.4 Å². The maximum atomic E-state index is 4.71. The summed E-state index contributed by atoms with van der Waals surface area (Å²) in [7, 11) is 1.97. The molecule has 28 heavy (non-hydrogen) atoms. The van der Waals surface area contributed by atoms with Crippen LogP contribution in [0, 0.1) is 6.92 Å². The van der Waals surface area contributed by atoms with Crippen molar-refractivity contribution in [1.29, 1.82) is 0 Å². The molecule has 0 saturated heterocycles. The molecule has 0 fully saturated rings. The molecule has 3 heterocycles. The molecule has 0 radical (unpaired) electrons. The monoisotopic (exact) mass is 530 g/mol. The molecule has 2 N–H and O–H groups in total. The lowest BCUT2D eigenvalue weighted by Crippen LogP contribution is -2.38. The van der Waals surface area contributed by atoms with Crippen molar-refractivity contribution in [3.8, 4) is 0 Å². The first kappa shape index (κ1) is 22.8. The fourth-order valence-corrected chi connectivity index (χ4v) is 4.16. The Morgan fingerprint density at radius 1 is 1.14 bits per heavy atom. The Morgan fingerprint density at radius 3 is 2.61 bits per heavy atom. The second kappa shape index (κ2) is 11.5. The maximum Gasteiger partial charge on any atom is 0.192 e. The molecule has 0 aliphatic rings. The fraction of sp³-hybridized carbons (Fsp3) is 0.421. The highest BCUT2D eigenvalue weighted by Gasteiger charge is 2.06. The largest absolute Gasteiger partial charge is 0.356 e. The van der Waals surface area contributed by atoms with E-state index in [1.54, 1.807) is 11.3 Å². The fourth-order valence-electron chi connectivity index (χ4n) is 2.55. The number of hydrogen-bond donors (Lipinski definition) is 2. The van der Waals surface area contributed by atoms with Gasteiger partial charge in [0.15, 0.2) is 11.8 Å². The van der Waals surface area contributed by atoms with E-state index in [2.05, 4.69) is 57.4 Å². The number of guanidine groups is 1. The van der Waals surface area contributed by atoms with Gasteiger partial charge in [0.1, 0.15) is 12.4 Å². The van der Waals surface area contributed by atoms with Crippen LogP contribution in [0.3, 0.4) is 0 Å². The smallest absolute Gasteiger partial charge is 0.192 e. The third kappa shape index (κ3) is 6.56. The second-order valence-electron chi connectivity index (χ2n) is 6.22. The zero-order chi connectivity index (χ0) is 19.1. The average molecular weight is 531 g/mol. The summed E-state index contributed by atoms with van der Waals surface area (Å²) >= 11 is 3.63. The number of thiophene rings is 2. The summed E-state index contributed by atoms with van der Waals surface area (Å²) < 4.78 is 1.97. The van der Waals surface area contributed by atoms with Gasteiger partial charge in [0.05, 0.1) is 6.54 Å². The van der Waals surface area contributed by atoms with E-state index in [1.165, 1.54) is 14.6 Å². The van der Waals surface area contributed by atoms with Crippen LogP contribution in [0.15, 0.2) is 34.6 Å². The van der Waals surface area contributed by atoms with Gasteiger partial charge in [-0.1, -0.05) is 13.0 Å². The third-order valence-electron chi connectivity index (χ3n) is 4.30. The van der Waals surface area contributed by atoms with Crippen molar-refractivity contribution >= 4 is 52.6 Å². The second-order valence-corrected chi connectivity index (χ2v) is 8.50. The highest BCUT2D eigenvalue weighted by molar-refractivity contribution is 14.0. The molecule has 0 aromatic carbocycles. The van der Waals surface area contributed by atoms with Crippen LogP contribution in [0.25, 0.3) is 0 Å². The van der Waals surface area contributed by atoms with Gasteiger partial charge in [-0.3, -0.25) is 0 Å². The minimum absolute atomic E-state index is 0. The van der Waals surface area contributed by atoms with Gasteiger partial charge in [-0.15, -0.1) is 56.8 Å². The molecule has 0 bridgehead atoms. The van der Waals surface area contributed by atoms with Crippen LogP contribution < -0.4 is 10.6 Å². The number of halogens is 1. The minimum Gasteiger partial charge on any atom is -0.356 e. The highest BCUT2D eigenvalue weighted by Crippen LogP contribution is 2.16. The molecule has 6 nitrogen and oxygen atoms in total. The molecule has 3 rings (SSSR count). The predicted octanol–water partition coefficient (Wildman–Crippen LogP) is 3.91. The molecule has 152 valence electrons. The number of aliphatic imine (C=N–C) groups is 1. The van der Waals surface area contributed by atoms with Crippen molar-refractivity contribution in [2.24, 2.45) is 12.0 Å². The lowest BCUT2D eigenvalue weighted by atomic mass is 10.3. The summed E-state index contributed by atoms with van der Waals surface area (Å²) in [5.41, 5.74) is 0. The number of nitrogens with one attached hydrogen (secondary N) is 2. The van der Waals surface area contributed by atoms with Gasteiger partial charge >= 0.3 is 0 Å². The molecular formula is C19H27IN6S2. The zero-order valence-corrected chi connectivity index (χ0v) is 20.4. The number of rotatable bonds is 8. The van der Waals surface area contributed by atoms with E-state index < -0.39 is 0 Å². The Bertz CT molecular complexity index is 869. The number of aryl methyl sites for hydroxylation is 2. The first-order valence-corrected chi connectivity index (χ1v) is 10.8. The summed E-state index contributed by atoms with van der Waals surface area (Å²) in [6, 6.07) is 8.64. The van der Waals surface area contributed by atoms with E-state index in [1.807, 2.05) is 29.9 Å². The Morgan fingerprint density at radius 2 is 1.96 bits per heavy atom. The van der Waals surface area contributed by atoms with Crippen molar-refractivity contribution in [2.75, 3.05) is 6.54 Å². The molecule has 0 atom stereocenters. The normalized spacial score (nSPS) is 11.3. The van der Waals surface area contributed by atoms with Crippen LogP contribution in [0.2, 0.25) is 0 Å². The van der Waals surface area contributed by atoms with Crippen LogP contribution in [-0.4, -0.2) is 27.3 Å². The van der Waals surface area contributed by atoms with Crippen LogP contribution in [0.4, 0.5) is 0 Å². The molecule has 3 aromatic rings. The average Bonchev–Trinajstić information content (AvgIpc) is 3.41. The minimum atomic E-state index is 0. The van der Waals surface area contributed by atoms with Gasteiger partial charge in [-0.25, -0.2) is 4.99 Å². The Balaban J connectivity index is 0.00000280. The van der Waals surface area contributed by atoms with Gasteiger partial charge in [-0.2, -0.15) is 0 Å². The van der Waals surface area contributed by atoms with Gasteiger partial charge in [0.2, 0.25) is 0 Å². The summed E-state index contributed by atoms with van der Waals surface area (Å²) in [4.78, 5) is 8.80. The molecule has 0 amide bonds. The van der Waals surface area contributed by atoms with E-state index in [0.29, 0.717) is 6.54 Å². The van der Waals surface area contributed by atoms with Crippen LogP contribution in [-0.2, 0) is 33.0 Å². The van der Waals surface area contributed by atoms with E-state index >= 15 is 0 Å². The van der Waals surface area contributed by atoms with E-state index in [0.717, 1.165) is 43.5 Å². The SMILES string of the molecule is CCc1ccc(CNC(=NCc2nnc(C)n2C)NCCc2cccs2)s1.I. The number of nitrogens with zero attached hydrogens (tertiary/aromatic N) is 4. The van der Waals surface area contributed by atoms with E-state index in [-0.39, 0.29) is 24.0 Å². The van der Waals surface area contributed by atoms with Gasteiger partial charge in [0, 0.05) is 28.2 Å².